The zero-order chi connectivity index (χ0) is 19.3. The lowest BCUT2D eigenvalue weighted by Gasteiger charge is -2.07. The summed E-state index contributed by atoms with van der Waals surface area (Å²) in [5.74, 6) is -0.399. The lowest BCUT2D eigenvalue weighted by Crippen LogP contribution is -2.24. The number of hydrogen-bond acceptors (Lipinski definition) is 4. The van der Waals surface area contributed by atoms with Crippen LogP contribution in [0.5, 0.6) is 0 Å². The first-order valence-corrected chi connectivity index (χ1v) is 9.08. The van der Waals surface area contributed by atoms with Crippen LogP contribution >= 0.6 is 0 Å². The molecule has 2 rings (SSSR count). The highest BCUT2D eigenvalue weighted by Gasteiger charge is 2.05. The molecule has 0 unspecified atom stereocenters. The highest BCUT2D eigenvalue weighted by Crippen LogP contribution is 2.04. The van der Waals surface area contributed by atoms with Gasteiger partial charge in [-0.2, -0.15) is 0 Å². The van der Waals surface area contributed by atoms with Crippen molar-refractivity contribution in [2.45, 2.75) is 39.2 Å². The number of carbonyl (C=O) groups excluding carboxylic acids is 2. The topological polar surface area (TPSA) is 76.7 Å². The Bertz CT molecular complexity index is 702. The minimum absolute atomic E-state index is 0.139. The van der Waals surface area contributed by atoms with E-state index in [2.05, 4.69) is 11.0 Å². The van der Waals surface area contributed by atoms with E-state index in [0.717, 1.165) is 30.4 Å². The van der Waals surface area contributed by atoms with Gasteiger partial charge in [-0.15, -0.1) is 0 Å². The van der Waals surface area contributed by atoms with Gasteiger partial charge in [0.25, 0.3) is 5.91 Å². The predicted molar refractivity (Wildman–Crippen MR) is 102 cm³/mol. The van der Waals surface area contributed by atoms with Gasteiger partial charge in [-0.3, -0.25) is 19.3 Å². The molecule has 0 radical (unpaired) electrons. The number of rotatable bonds is 11. The van der Waals surface area contributed by atoms with E-state index in [4.69, 9.17) is 9.68 Å². The van der Waals surface area contributed by atoms with Crippen molar-refractivity contribution in [2.24, 2.45) is 0 Å². The number of benzene rings is 2. The molecular weight excluding hydrogens is 344 g/mol. The first kappa shape index (κ1) is 20.6. The number of unbranched alkanes of at least 4 members (excludes halogenated alkanes) is 2. The summed E-state index contributed by atoms with van der Waals surface area (Å²) in [4.78, 5) is 33.9. The largest absolute Gasteiger partial charge is 0.274 e. The summed E-state index contributed by atoms with van der Waals surface area (Å²) in [6.45, 7) is 2.72. The molecule has 27 heavy (non-hydrogen) atoms. The van der Waals surface area contributed by atoms with E-state index in [0.29, 0.717) is 25.2 Å². The SMILES string of the molecule is Cc1ccc(C(=O)NOCCCCCC(=O)NOCc2ccccc2)cc1. The summed E-state index contributed by atoms with van der Waals surface area (Å²) < 4.78 is 0. The van der Waals surface area contributed by atoms with Crippen LogP contribution in [0.4, 0.5) is 0 Å². The molecule has 2 aromatic carbocycles. The zero-order valence-electron chi connectivity index (χ0n) is 15.6. The summed E-state index contributed by atoms with van der Waals surface area (Å²) in [6.07, 6.45) is 2.71. The minimum Gasteiger partial charge on any atom is -0.273 e. The van der Waals surface area contributed by atoms with E-state index < -0.39 is 0 Å². The van der Waals surface area contributed by atoms with E-state index in [1.54, 1.807) is 12.1 Å². The molecule has 0 atom stereocenters. The van der Waals surface area contributed by atoms with Crippen molar-refractivity contribution in [1.29, 1.82) is 0 Å². The molecular formula is C21H26N2O4. The summed E-state index contributed by atoms with van der Waals surface area (Å²) in [5, 5.41) is 0. The Morgan fingerprint density at radius 1 is 0.852 bits per heavy atom. The fourth-order valence-corrected chi connectivity index (χ4v) is 2.34. The van der Waals surface area contributed by atoms with Crippen LogP contribution in [0.3, 0.4) is 0 Å². The highest BCUT2D eigenvalue weighted by molar-refractivity contribution is 5.93. The summed E-state index contributed by atoms with van der Waals surface area (Å²) in [5.41, 5.74) is 7.53. The number of carbonyl (C=O) groups is 2. The van der Waals surface area contributed by atoms with Crippen LogP contribution in [0, 0.1) is 6.92 Å². The average molecular weight is 370 g/mol. The lowest BCUT2D eigenvalue weighted by atomic mass is 10.1. The third-order valence-corrected chi connectivity index (χ3v) is 3.90. The Kier molecular flexibility index (Phi) is 9.03. The first-order valence-electron chi connectivity index (χ1n) is 9.08. The van der Waals surface area contributed by atoms with Gasteiger partial charge >= 0.3 is 0 Å². The van der Waals surface area contributed by atoms with E-state index in [1.807, 2.05) is 49.4 Å². The maximum atomic E-state index is 11.8. The Morgan fingerprint density at radius 2 is 1.59 bits per heavy atom. The molecule has 0 heterocycles. The normalized spacial score (nSPS) is 10.4. The zero-order valence-corrected chi connectivity index (χ0v) is 15.6. The summed E-state index contributed by atoms with van der Waals surface area (Å²) in [7, 11) is 0. The van der Waals surface area contributed by atoms with Crippen LogP contribution in [0.2, 0.25) is 0 Å². The van der Waals surface area contributed by atoms with Crippen LogP contribution in [-0.2, 0) is 21.1 Å². The highest BCUT2D eigenvalue weighted by atomic mass is 16.7. The van der Waals surface area contributed by atoms with Crippen molar-refractivity contribution < 1.29 is 19.3 Å². The first-order chi connectivity index (χ1) is 13.1. The lowest BCUT2D eigenvalue weighted by molar-refractivity contribution is -0.134. The maximum Gasteiger partial charge on any atom is 0.274 e. The summed E-state index contributed by atoms with van der Waals surface area (Å²) in [6, 6.07) is 16.9. The molecule has 0 aliphatic rings. The number of amides is 2. The van der Waals surface area contributed by atoms with Gasteiger partial charge < -0.3 is 0 Å². The molecule has 0 aromatic heterocycles. The van der Waals surface area contributed by atoms with Gasteiger partial charge in [-0.1, -0.05) is 54.4 Å². The van der Waals surface area contributed by atoms with Crippen molar-refractivity contribution in [3.8, 4) is 0 Å². The number of aryl methyl sites for hydroxylation is 1. The molecule has 2 aromatic rings. The van der Waals surface area contributed by atoms with Gasteiger partial charge in [0.1, 0.15) is 0 Å². The Morgan fingerprint density at radius 3 is 2.33 bits per heavy atom. The van der Waals surface area contributed by atoms with Gasteiger partial charge in [-0.05, 0) is 37.5 Å². The van der Waals surface area contributed by atoms with E-state index in [9.17, 15) is 9.59 Å². The van der Waals surface area contributed by atoms with Crippen molar-refractivity contribution in [2.75, 3.05) is 6.61 Å². The molecule has 0 aliphatic heterocycles. The van der Waals surface area contributed by atoms with Crippen molar-refractivity contribution in [3.63, 3.8) is 0 Å². The molecule has 144 valence electrons. The van der Waals surface area contributed by atoms with Gasteiger partial charge in [0.05, 0.1) is 13.2 Å². The summed E-state index contributed by atoms with van der Waals surface area (Å²) >= 11 is 0. The maximum absolute atomic E-state index is 11.8. The average Bonchev–Trinajstić information content (AvgIpc) is 2.68. The van der Waals surface area contributed by atoms with Crippen molar-refractivity contribution in [1.82, 2.24) is 11.0 Å². The van der Waals surface area contributed by atoms with Gasteiger partial charge in [0.15, 0.2) is 0 Å². The molecule has 0 saturated carbocycles. The van der Waals surface area contributed by atoms with Crippen LogP contribution in [0.15, 0.2) is 54.6 Å². The van der Waals surface area contributed by atoms with Gasteiger partial charge in [-0.25, -0.2) is 11.0 Å². The van der Waals surface area contributed by atoms with E-state index >= 15 is 0 Å². The van der Waals surface area contributed by atoms with Crippen molar-refractivity contribution >= 4 is 11.8 Å². The Labute approximate surface area is 159 Å². The molecule has 0 fully saturated rings. The molecule has 6 nitrogen and oxygen atoms in total. The van der Waals surface area contributed by atoms with Crippen LogP contribution in [0.1, 0.15) is 47.2 Å². The number of nitrogens with one attached hydrogen (secondary N) is 2. The monoisotopic (exact) mass is 370 g/mol. The molecule has 0 aliphatic carbocycles. The molecule has 0 spiro atoms. The molecule has 0 bridgehead atoms. The number of hydroxylamine groups is 2. The van der Waals surface area contributed by atoms with E-state index in [-0.39, 0.29) is 11.8 Å². The molecule has 2 amide bonds. The minimum atomic E-state index is -0.259. The van der Waals surface area contributed by atoms with Gasteiger partial charge in [0, 0.05) is 12.0 Å². The van der Waals surface area contributed by atoms with Crippen LogP contribution in [0.25, 0.3) is 0 Å². The van der Waals surface area contributed by atoms with Gasteiger partial charge in [0.2, 0.25) is 5.91 Å². The third kappa shape index (κ3) is 8.48. The second kappa shape index (κ2) is 11.8. The van der Waals surface area contributed by atoms with Crippen LogP contribution < -0.4 is 11.0 Å². The second-order valence-electron chi connectivity index (χ2n) is 6.26. The molecule has 6 heteroatoms. The fraction of sp³-hybridized carbons (Fsp3) is 0.333. The Balaban J connectivity index is 1.45. The standard InChI is InChI=1S/C21H26N2O4/c1-17-11-13-19(14-12-17)21(25)23-26-15-7-3-6-10-20(24)22-27-16-18-8-4-2-5-9-18/h2,4-5,8-9,11-14H,3,6-7,10,15-16H2,1H3,(H,22,24)(H,23,25). The molecule has 0 saturated heterocycles. The number of hydrogen-bond donors (Lipinski definition) is 2. The molecule has 2 N–H and O–H groups in total. The quantitative estimate of drug-likeness (QED) is 0.469. The Hall–Kier alpha value is -2.70. The predicted octanol–water partition coefficient (Wildman–Crippen LogP) is 3.46. The van der Waals surface area contributed by atoms with E-state index in [1.165, 1.54) is 0 Å². The fourth-order valence-electron chi connectivity index (χ4n) is 2.34. The third-order valence-electron chi connectivity index (χ3n) is 3.90. The smallest absolute Gasteiger partial charge is 0.273 e. The second-order valence-corrected chi connectivity index (χ2v) is 6.26. The van der Waals surface area contributed by atoms with Crippen LogP contribution in [-0.4, -0.2) is 18.4 Å². The van der Waals surface area contributed by atoms with Crippen molar-refractivity contribution in [3.05, 3.63) is 71.3 Å².